The molecule has 0 saturated heterocycles. The number of urea groups is 1. The first-order valence-corrected chi connectivity index (χ1v) is 14.1. The number of carbonyl (C=O) groups excluding carboxylic acids is 2. The monoisotopic (exact) mass is 546 g/mol. The second kappa shape index (κ2) is 12.0. The number of aliphatic hydroxyl groups is 1. The molecule has 0 unspecified atom stereocenters. The van der Waals surface area contributed by atoms with E-state index in [1.807, 2.05) is 27.7 Å². The first-order valence-electron chi connectivity index (χ1n) is 12.7. The zero-order chi connectivity index (χ0) is 28.2. The number of amides is 3. The molecule has 1 aliphatic heterocycles. The SMILES string of the molecule is Cc1ccc(S(=O)(=O)Nc2cccc3c2O[C@@H](CN(C)C(=O)NC(C)C)[C@@H](C)CN([C@@H](C)CO)C3=O)cc1. The molecule has 0 aliphatic carbocycles. The lowest BCUT2D eigenvalue weighted by molar-refractivity contribution is 0.0369. The van der Waals surface area contributed by atoms with E-state index >= 15 is 0 Å². The molecule has 10 nitrogen and oxygen atoms in total. The number of nitrogens with one attached hydrogen (secondary N) is 2. The van der Waals surface area contributed by atoms with Gasteiger partial charge in [0.2, 0.25) is 0 Å². The number of hydrogen-bond donors (Lipinski definition) is 3. The van der Waals surface area contributed by atoms with Gasteiger partial charge in [-0.1, -0.05) is 30.7 Å². The van der Waals surface area contributed by atoms with Crippen molar-refractivity contribution in [3.8, 4) is 5.75 Å². The zero-order valence-corrected chi connectivity index (χ0v) is 23.6. The number of aliphatic hydroxyl groups excluding tert-OH is 1. The van der Waals surface area contributed by atoms with Gasteiger partial charge in [-0.3, -0.25) is 9.52 Å². The molecular weight excluding hydrogens is 508 g/mol. The summed E-state index contributed by atoms with van der Waals surface area (Å²) >= 11 is 0. The van der Waals surface area contributed by atoms with Gasteiger partial charge in [0.1, 0.15) is 6.10 Å². The summed E-state index contributed by atoms with van der Waals surface area (Å²) < 4.78 is 35.4. The largest absolute Gasteiger partial charge is 0.485 e. The van der Waals surface area contributed by atoms with Crippen LogP contribution in [0.1, 0.15) is 43.6 Å². The topological polar surface area (TPSA) is 128 Å². The van der Waals surface area contributed by atoms with Crippen LogP contribution in [0.3, 0.4) is 0 Å². The highest BCUT2D eigenvalue weighted by Gasteiger charge is 2.35. The van der Waals surface area contributed by atoms with E-state index in [0.29, 0.717) is 0 Å². The molecule has 0 aromatic heterocycles. The average Bonchev–Trinajstić information content (AvgIpc) is 2.85. The Morgan fingerprint density at radius 1 is 1.18 bits per heavy atom. The highest BCUT2D eigenvalue weighted by molar-refractivity contribution is 7.92. The van der Waals surface area contributed by atoms with Gasteiger partial charge in [-0.25, -0.2) is 13.2 Å². The maximum absolute atomic E-state index is 13.6. The van der Waals surface area contributed by atoms with Crippen molar-refractivity contribution in [3.63, 3.8) is 0 Å². The Bertz CT molecular complexity index is 1250. The highest BCUT2D eigenvalue weighted by Crippen LogP contribution is 2.36. The Morgan fingerprint density at radius 3 is 2.45 bits per heavy atom. The summed E-state index contributed by atoms with van der Waals surface area (Å²) in [5.41, 5.74) is 1.20. The third-order valence-electron chi connectivity index (χ3n) is 6.48. The molecule has 0 saturated carbocycles. The molecule has 1 aliphatic rings. The van der Waals surface area contributed by atoms with Gasteiger partial charge < -0.3 is 25.0 Å². The van der Waals surface area contributed by atoms with E-state index < -0.39 is 22.2 Å². The number of sulfonamides is 1. The summed E-state index contributed by atoms with van der Waals surface area (Å²) in [6.07, 6.45) is -0.580. The molecule has 3 N–H and O–H groups in total. The molecule has 2 aromatic carbocycles. The fourth-order valence-electron chi connectivity index (χ4n) is 4.17. The highest BCUT2D eigenvalue weighted by atomic mass is 32.2. The van der Waals surface area contributed by atoms with Gasteiger partial charge in [-0.2, -0.15) is 0 Å². The molecule has 0 fully saturated rings. The number of hydrogen-bond acceptors (Lipinski definition) is 6. The lowest BCUT2D eigenvalue weighted by Crippen LogP contribution is -2.51. The lowest BCUT2D eigenvalue weighted by Gasteiger charge is -2.38. The Labute approximate surface area is 225 Å². The number of likely N-dealkylation sites (N-methyl/N-ethyl adjacent to an activating group) is 1. The maximum atomic E-state index is 13.6. The molecule has 0 radical (unpaired) electrons. The van der Waals surface area contributed by atoms with E-state index in [1.165, 1.54) is 23.1 Å². The summed E-state index contributed by atoms with van der Waals surface area (Å²) in [5, 5.41) is 12.7. The predicted octanol–water partition coefficient (Wildman–Crippen LogP) is 3.07. The van der Waals surface area contributed by atoms with Crippen LogP contribution in [-0.4, -0.2) is 80.2 Å². The lowest BCUT2D eigenvalue weighted by atomic mass is 9.99. The molecule has 3 amide bonds. The van der Waals surface area contributed by atoms with Crippen LogP contribution in [0, 0.1) is 12.8 Å². The van der Waals surface area contributed by atoms with Crippen LogP contribution in [0.2, 0.25) is 0 Å². The maximum Gasteiger partial charge on any atom is 0.317 e. The van der Waals surface area contributed by atoms with Crippen LogP contribution in [0.25, 0.3) is 0 Å². The second-order valence-electron chi connectivity index (χ2n) is 10.2. The van der Waals surface area contributed by atoms with Crippen molar-refractivity contribution in [2.24, 2.45) is 5.92 Å². The molecule has 11 heteroatoms. The number of fused-ring (bicyclic) bond motifs is 1. The summed E-state index contributed by atoms with van der Waals surface area (Å²) in [6, 6.07) is 10.3. The summed E-state index contributed by atoms with van der Waals surface area (Å²) in [5.74, 6) is -0.552. The van der Waals surface area contributed by atoms with Crippen LogP contribution in [0.5, 0.6) is 5.75 Å². The van der Waals surface area contributed by atoms with Crippen LogP contribution in [0.15, 0.2) is 47.4 Å². The van der Waals surface area contributed by atoms with Crippen molar-refractivity contribution < 1.29 is 27.9 Å². The van der Waals surface area contributed by atoms with E-state index in [0.717, 1.165) is 5.56 Å². The average molecular weight is 547 g/mol. The second-order valence-corrected chi connectivity index (χ2v) is 11.9. The molecule has 1 heterocycles. The summed E-state index contributed by atoms with van der Waals surface area (Å²) in [6.45, 7) is 9.46. The Kier molecular flexibility index (Phi) is 9.26. The number of anilines is 1. The number of aryl methyl sites for hydroxylation is 1. The van der Waals surface area contributed by atoms with Gasteiger partial charge in [-0.05, 0) is 52.0 Å². The van der Waals surface area contributed by atoms with Crippen molar-refractivity contribution in [2.75, 3.05) is 31.5 Å². The van der Waals surface area contributed by atoms with Crippen molar-refractivity contribution in [1.29, 1.82) is 0 Å². The van der Waals surface area contributed by atoms with Crippen LogP contribution >= 0.6 is 0 Å². The smallest absolute Gasteiger partial charge is 0.317 e. The number of para-hydroxylation sites is 1. The van der Waals surface area contributed by atoms with E-state index in [4.69, 9.17) is 4.74 Å². The molecule has 0 bridgehead atoms. The summed E-state index contributed by atoms with van der Waals surface area (Å²) in [4.78, 5) is 29.3. The van der Waals surface area contributed by atoms with Crippen LogP contribution in [0.4, 0.5) is 10.5 Å². The molecule has 208 valence electrons. The van der Waals surface area contributed by atoms with E-state index in [-0.39, 0.29) is 65.5 Å². The number of ether oxygens (including phenoxy) is 1. The number of benzene rings is 2. The van der Waals surface area contributed by atoms with E-state index in [2.05, 4.69) is 10.0 Å². The normalized spacial score (nSPS) is 18.6. The molecule has 3 rings (SSSR count). The number of nitrogens with zero attached hydrogens (tertiary/aromatic N) is 2. The zero-order valence-electron chi connectivity index (χ0n) is 22.8. The predicted molar refractivity (Wildman–Crippen MR) is 146 cm³/mol. The molecular formula is C27H38N4O6S. The third kappa shape index (κ3) is 6.76. The van der Waals surface area contributed by atoms with Crippen molar-refractivity contribution in [1.82, 2.24) is 15.1 Å². The Morgan fingerprint density at radius 2 is 1.84 bits per heavy atom. The van der Waals surface area contributed by atoms with Crippen molar-refractivity contribution >= 4 is 27.6 Å². The minimum Gasteiger partial charge on any atom is -0.485 e. The number of rotatable bonds is 8. The van der Waals surface area contributed by atoms with Crippen LogP contribution < -0.4 is 14.8 Å². The molecule has 38 heavy (non-hydrogen) atoms. The molecule has 3 atom stereocenters. The van der Waals surface area contributed by atoms with E-state index in [9.17, 15) is 23.1 Å². The quantitative estimate of drug-likeness (QED) is 0.467. The van der Waals surface area contributed by atoms with E-state index in [1.54, 1.807) is 43.1 Å². The summed E-state index contributed by atoms with van der Waals surface area (Å²) in [7, 11) is -2.34. The van der Waals surface area contributed by atoms with Gasteiger partial charge in [-0.15, -0.1) is 0 Å². The molecule has 2 aromatic rings. The first-order chi connectivity index (χ1) is 17.8. The van der Waals surface area contributed by atoms with Gasteiger partial charge >= 0.3 is 6.03 Å². The minimum atomic E-state index is -3.99. The Balaban J connectivity index is 2.05. The van der Waals surface area contributed by atoms with Gasteiger partial charge in [0.25, 0.3) is 15.9 Å². The third-order valence-corrected chi connectivity index (χ3v) is 7.86. The number of carbonyl (C=O) groups is 2. The minimum absolute atomic E-state index is 0.0531. The van der Waals surface area contributed by atoms with Gasteiger partial charge in [0.15, 0.2) is 5.75 Å². The first kappa shape index (κ1) is 29.2. The Hall–Kier alpha value is -3.31. The van der Waals surface area contributed by atoms with Gasteiger partial charge in [0.05, 0.1) is 35.3 Å². The fourth-order valence-corrected chi connectivity index (χ4v) is 5.24. The van der Waals surface area contributed by atoms with Crippen molar-refractivity contribution in [3.05, 3.63) is 53.6 Å². The standard InChI is InChI=1S/C27H38N4O6S/c1-17(2)28-27(34)30(6)15-24-19(4)14-31(20(5)16-32)26(33)22-8-7-9-23(25(22)37-24)29-38(35,36)21-12-10-18(3)11-13-21/h7-13,17,19-20,24,29,32H,14-16H2,1-6H3,(H,28,34)/t19-,20-,24-/m0/s1. The fraction of sp³-hybridized carbons (Fsp3) is 0.481. The van der Waals surface area contributed by atoms with Crippen LogP contribution in [-0.2, 0) is 10.0 Å². The van der Waals surface area contributed by atoms with Gasteiger partial charge in [0, 0.05) is 25.6 Å². The molecule has 0 spiro atoms. The van der Waals surface area contributed by atoms with Crippen molar-refractivity contribution in [2.45, 2.75) is 57.7 Å².